The van der Waals surface area contributed by atoms with E-state index in [1.165, 1.54) is 4.68 Å². The van der Waals surface area contributed by atoms with Crippen molar-refractivity contribution in [2.24, 2.45) is 0 Å². The second-order valence-electron chi connectivity index (χ2n) is 4.86. The van der Waals surface area contributed by atoms with Gasteiger partial charge in [-0.15, -0.1) is 12.4 Å². The van der Waals surface area contributed by atoms with E-state index in [1.54, 1.807) is 0 Å². The molecule has 0 aliphatic rings. The summed E-state index contributed by atoms with van der Waals surface area (Å²) in [6, 6.07) is 17.5. The van der Waals surface area contributed by atoms with Gasteiger partial charge < -0.3 is 15.2 Å². The van der Waals surface area contributed by atoms with E-state index in [1.807, 2.05) is 54.6 Å². The number of nitrogens with one attached hydrogen (secondary N) is 1. The molecule has 0 saturated heterocycles. The average molecular weight is 348 g/mol. The molecule has 24 heavy (non-hydrogen) atoms. The molecule has 126 valence electrons. The minimum Gasteiger partial charge on any atom is -0.423 e. The molecule has 1 aromatic heterocycles. The van der Waals surface area contributed by atoms with Crippen LogP contribution in [-0.4, -0.2) is 38.5 Å². The highest BCUT2D eigenvalue weighted by Gasteiger charge is 2.10. The quantitative estimate of drug-likeness (QED) is 0.635. The molecule has 0 unspecified atom stereocenters. The van der Waals surface area contributed by atoms with E-state index in [-0.39, 0.29) is 19.0 Å². The summed E-state index contributed by atoms with van der Waals surface area (Å²) in [7, 11) is 0. The number of para-hydroxylation sites is 1. The topological polar surface area (TPSA) is 85.1 Å². The summed E-state index contributed by atoms with van der Waals surface area (Å²) >= 11 is 0. The van der Waals surface area contributed by atoms with Crippen LogP contribution in [-0.2, 0) is 6.54 Å². The number of hydrogen-bond donors (Lipinski definition) is 2. The first-order valence-electron chi connectivity index (χ1n) is 7.29. The van der Waals surface area contributed by atoms with Crippen LogP contribution in [0.15, 0.2) is 54.6 Å². The number of benzene rings is 2. The number of tetrazole rings is 1. The van der Waals surface area contributed by atoms with Crippen molar-refractivity contribution in [3.63, 3.8) is 0 Å². The van der Waals surface area contributed by atoms with E-state index in [0.29, 0.717) is 24.8 Å². The van der Waals surface area contributed by atoms with Gasteiger partial charge in [-0.1, -0.05) is 35.4 Å². The summed E-state index contributed by atoms with van der Waals surface area (Å²) < 4.78 is 7.34. The molecule has 0 spiro atoms. The number of aliphatic hydroxyl groups is 1. The zero-order valence-electron chi connectivity index (χ0n) is 12.9. The SMILES string of the molecule is Cl.OCCNCc1cccc(Oc2nnnn2-c2ccccc2)c1. The summed E-state index contributed by atoms with van der Waals surface area (Å²) in [4.78, 5) is 0. The zero-order valence-corrected chi connectivity index (χ0v) is 13.7. The molecule has 0 fully saturated rings. The maximum Gasteiger partial charge on any atom is 0.345 e. The lowest BCUT2D eigenvalue weighted by Crippen LogP contribution is -2.17. The molecule has 2 N–H and O–H groups in total. The van der Waals surface area contributed by atoms with Gasteiger partial charge in [0, 0.05) is 13.1 Å². The van der Waals surface area contributed by atoms with E-state index < -0.39 is 0 Å². The van der Waals surface area contributed by atoms with Gasteiger partial charge in [0.15, 0.2) is 0 Å². The van der Waals surface area contributed by atoms with Crippen LogP contribution in [0.25, 0.3) is 5.69 Å². The van der Waals surface area contributed by atoms with Crippen LogP contribution in [0.4, 0.5) is 0 Å². The highest BCUT2D eigenvalue weighted by atomic mass is 35.5. The Labute approximate surface area is 145 Å². The second-order valence-corrected chi connectivity index (χ2v) is 4.86. The Kier molecular flexibility index (Phi) is 6.68. The van der Waals surface area contributed by atoms with E-state index in [0.717, 1.165) is 11.3 Å². The molecule has 0 atom stereocenters. The predicted molar refractivity (Wildman–Crippen MR) is 91.7 cm³/mol. The molecule has 0 aliphatic carbocycles. The Bertz CT molecular complexity index is 751. The zero-order chi connectivity index (χ0) is 15.9. The van der Waals surface area contributed by atoms with Crippen molar-refractivity contribution in [3.8, 4) is 17.4 Å². The number of nitrogens with zero attached hydrogens (tertiary/aromatic N) is 4. The van der Waals surface area contributed by atoms with Gasteiger partial charge >= 0.3 is 6.01 Å². The summed E-state index contributed by atoms with van der Waals surface area (Å²) in [6.45, 7) is 1.32. The molecule has 3 rings (SSSR count). The third kappa shape index (κ3) is 4.51. The number of aromatic nitrogens is 4. The van der Waals surface area contributed by atoms with Crippen molar-refractivity contribution >= 4 is 12.4 Å². The molecular formula is C16H18ClN5O2. The largest absolute Gasteiger partial charge is 0.423 e. The Morgan fingerprint density at radius 3 is 2.71 bits per heavy atom. The van der Waals surface area contributed by atoms with Gasteiger partial charge in [0.2, 0.25) is 0 Å². The van der Waals surface area contributed by atoms with Crippen molar-refractivity contribution in [3.05, 3.63) is 60.2 Å². The minimum absolute atomic E-state index is 0. The minimum atomic E-state index is 0. The highest BCUT2D eigenvalue weighted by molar-refractivity contribution is 5.85. The molecular weight excluding hydrogens is 330 g/mol. The lowest BCUT2D eigenvalue weighted by molar-refractivity contribution is 0.292. The van der Waals surface area contributed by atoms with Crippen LogP contribution in [0.1, 0.15) is 5.56 Å². The van der Waals surface area contributed by atoms with Gasteiger partial charge in [-0.2, -0.15) is 4.68 Å². The Hall–Kier alpha value is -2.48. The molecule has 2 aromatic carbocycles. The third-order valence-corrected chi connectivity index (χ3v) is 3.17. The monoisotopic (exact) mass is 347 g/mol. The Morgan fingerprint density at radius 2 is 1.92 bits per heavy atom. The van der Waals surface area contributed by atoms with Gasteiger partial charge in [-0.05, 0) is 40.3 Å². The van der Waals surface area contributed by atoms with Crippen LogP contribution in [0.5, 0.6) is 11.8 Å². The predicted octanol–water partition coefficient (Wildman–Crippen LogP) is 1.96. The molecule has 3 aromatic rings. The van der Waals surface area contributed by atoms with Crippen LogP contribution in [0.2, 0.25) is 0 Å². The number of hydrogen-bond acceptors (Lipinski definition) is 6. The van der Waals surface area contributed by atoms with Crippen LogP contribution in [0, 0.1) is 0 Å². The molecule has 0 radical (unpaired) electrons. The Balaban J connectivity index is 0.00000208. The first-order valence-corrected chi connectivity index (χ1v) is 7.29. The standard InChI is InChI=1S/C16H17N5O2.ClH/c22-10-9-17-12-13-5-4-8-15(11-13)23-16-18-19-20-21(16)14-6-2-1-3-7-14;/h1-8,11,17,22H,9-10,12H2;1H. The lowest BCUT2D eigenvalue weighted by atomic mass is 10.2. The number of halogens is 1. The van der Waals surface area contributed by atoms with Crippen molar-refractivity contribution < 1.29 is 9.84 Å². The van der Waals surface area contributed by atoms with Crippen molar-refractivity contribution in [1.29, 1.82) is 0 Å². The normalized spacial score (nSPS) is 10.2. The van der Waals surface area contributed by atoms with Crippen LogP contribution in [0.3, 0.4) is 0 Å². The molecule has 1 heterocycles. The van der Waals surface area contributed by atoms with Gasteiger partial charge in [-0.25, -0.2) is 0 Å². The van der Waals surface area contributed by atoms with Crippen molar-refractivity contribution in [1.82, 2.24) is 25.5 Å². The first-order chi connectivity index (χ1) is 11.4. The first kappa shape index (κ1) is 17.9. The second kappa shape index (κ2) is 8.97. The van der Waals surface area contributed by atoms with Gasteiger partial charge in [-0.3, -0.25) is 0 Å². The molecule has 0 amide bonds. The average Bonchev–Trinajstić information content (AvgIpc) is 3.04. The molecule has 8 heteroatoms. The van der Waals surface area contributed by atoms with E-state index in [2.05, 4.69) is 20.8 Å². The lowest BCUT2D eigenvalue weighted by Gasteiger charge is -2.08. The van der Waals surface area contributed by atoms with Gasteiger partial charge in [0.05, 0.1) is 12.3 Å². The summed E-state index contributed by atoms with van der Waals surface area (Å²) in [5.41, 5.74) is 1.88. The van der Waals surface area contributed by atoms with E-state index in [4.69, 9.17) is 9.84 Å². The third-order valence-electron chi connectivity index (χ3n) is 3.17. The molecule has 7 nitrogen and oxygen atoms in total. The highest BCUT2D eigenvalue weighted by Crippen LogP contribution is 2.21. The number of aliphatic hydroxyl groups excluding tert-OH is 1. The molecule has 0 saturated carbocycles. The summed E-state index contributed by atoms with van der Waals surface area (Å²) in [5, 5.41) is 23.5. The number of rotatable bonds is 7. The summed E-state index contributed by atoms with van der Waals surface area (Å²) in [6.07, 6.45) is 0. The molecule has 0 bridgehead atoms. The smallest absolute Gasteiger partial charge is 0.345 e. The Morgan fingerprint density at radius 1 is 1.08 bits per heavy atom. The van der Waals surface area contributed by atoms with Gasteiger partial charge in [0.1, 0.15) is 5.75 Å². The van der Waals surface area contributed by atoms with Crippen LogP contribution >= 0.6 is 12.4 Å². The maximum absolute atomic E-state index is 8.80. The summed E-state index contributed by atoms with van der Waals surface area (Å²) in [5.74, 6) is 0.653. The fourth-order valence-corrected chi connectivity index (χ4v) is 2.11. The maximum atomic E-state index is 8.80. The van der Waals surface area contributed by atoms with Crippen molar-refractivity contribution in [2.75, 3.05) is 13.2 Å². The van der Waals surface area contributed by atoms with Gasteiger partial charge in [0.25, 0.3) is 0 Å². The molecule has 0 aliphatic heterocycles. The van der Waals surface area contributed by atoms with Crippen LogP contribution < -0.4 is 10.1 Å². The fourth-order valence-electron chi connectivity index (χ4n) is 2.11. The number of ether oxygens (including phenoxy) is 1. The van der Waals surface area contributed by atoms with E-state index >= 15 is 0 Å². The van der Waals surface area contributed by atoms with Crippen molar-refractivity contribution in [2.45, 2.75) is 6.54 Å². The van der Waals surface area contributed by atoms with E-state index in [9.17, 15) is 0 Å². The fraction of sp³-hybridized carbons (Fsp3) is 0.188.